The Bertz CT molecular complexity index is 671. The van der Waals surface area contributed by atoms with E-state index in [4.69, 9.17) is 4.74 Å². The number of nitrogens with zero attached hydrogens (tertiary/aromatic N) is 1. The summed E-state index contributed by atoms with van der Waals surface area (Å²) in [5.41, 5.74) is 3.80. The number of hydrogen-bond donors (Lipinski definition) is 1. The Kier molecular flexibility index (Phi) is 6.48. The lowest BCUT2D eigenvalue weighted by molar-refractivity contribution is 0.260. The minimum absolute atomic E-state index is 0.622. The molecule has 0 aromatic heterocycles. The van der Waals surface area contributed by atoms with E-state index < -0.39 is 0 Å². The van der Waals surface area contributed by atoms with Gasteiger partial charge in [0, 0.05) is 19.1 Å². The molecule has 0 radical (unpaired) electrons. The van der Waals surface area contributed by atoms with Gasteiger partial charge < -0.3 is 10.1 Å². The number of ether oxygens (including phenoxy) is 1. The molecule has 0 unspecified atom stereocenters. The molecule has 1 atom stereocenters. The highest BCUT2D eigenvalue weighted by Gasteiger charge is 2.21. The first-order valence-corrected chi connectivity index (χ1v) is 9.47. The van der Waals surface area contributed by atoms with E-state index in [1.807, 2.05) is 6.07 Å². The van der Waals surface area contributed by atoms with E-state index in [-0.39, 0.29) is 0 Å². The lowest BCUT2D eigenvalue weighted by Crippen LogP contribution is -2.37. The van der Waals surface area contributed by atoms with E-state index >= 15 is 0 Å². The Morgan fingerprint density at radius 1 is 1.16 bits per heavy atom. The topological polar surface area (TPSA) is 24.5 Å². The number of aryl methyl sites for hydroxylation is 1. The van der Waals surface area contributed by atoms with Gasteiger partial charge >= 0.3 is 0 Å². The van der Waals surface area contributed by atoms with Crippen molar-refractivity contribution in [2.45, 2.75) is 45.9 Å². The molecule has 3 heteroatoms. The summed E-state index contributed by atoms with van der Waals surface area (Å²) in [4.78, 5) is 2.58. The molecule has 1 saturated heterocycles. The van der Waals surface area contributed by atoms with Crippen molar-refractivity contribution in [3.8, 4) is 5.75 Å². The molecule has 1 fully saturated rings. The van der Waals surface area contributed by atoms with Crippen molar-refractivity contribution in [2.75, 3.05) is 19.6 Å². The van der Waals surface area contributed by atoms with Gasteiger partial charge in [-0.15, -0.1) is 0 Å². The van der Waals surface area contributed by atoms with Gasteiger partial charge in [-0.1, -0.05) is 43.3 Å². The number of likely N-dealkylation sites (N-methyl/N-ethyl adjacent to an activating group) is 1. The molecule has 0 aliphatic carbocycles. The van der Waals surface area contributed by atoms with Crippen LogP contribution in [-0.4, -0.2) is 30.6 Å². The SMILES string of the molecule is CCN1CCC[C@@H]1CNCc1cccc(OCc2ccccc2C)c1. The molecule has 2 aromatic carbocycles. The van der Waals surface area contributed by atoms with E-state index in [9.17, 15) is 0 Å². The molecule has 0 spiro atoms. The summed E-state index contributed by atoms with van der Waals surface area (Å²) in [6, 6.07) is 17.5. The van der Waals surface area contributed by atoms with Crippen molar-refractivity contribution in [2.24, 2.45) is 0 Å². The first kappa shape index (κ1) is 18.0. The zero-order valence-corrected chi connectivity index (χ0v) is 15.5. The molecule has 3 nitrogen and oxygen atoms in total. The van der Waals surface area contributed by atoms with Gasteiger partial charge in [0.1, 0.15) is 12.4 Å². The number of rotatable bonds is 8. The van der Waals surface area contributed by atoms with Gasteiger partial charge in [0.25, 0.3) is 0 Å². The lowest BCUT2D eigenvalue weighted by atomic mass is 10.1. The highest BCUT2D eigenvalue weighted by Crippen LogP contribution is 2.18. The fraction of sp³-hybridized carbons (Fsp3) is 0.455. The van der Waals surface area contributed by atoms with Crippen LogP contribution in [0.15, 0.2) is 48.5 Å². The van der Waals surface area contributed by atoms with E-state index in [1.165, 1.54) is 36.1 Å². The third-order valence-electron chi connectivity index (χ3n) is 5.17. The minimum atomic E-state index is 0.622. The third kappa shape index (κ3) is 5.07. The van der Waals surface area contributed by atoms with Gasteiger partial charge in [0.15, 0.2) is 0 Å². The van der Waals surface area contributed by atoms with Crippen LogP contribution in [0.5, 0.6) is 5.75 Å². The van der Waals surface area contributed by atoms with Crippen molar-refractivity contribution in [1.29, 1.82) is 0 Å². The van der Waals surface area contributed by atoms with Gasteiger partial charge in [-0.3, -0.25) is 4.90 Å². The van der Waals surface area contributed by atoms with Crippen LogP contribution in [-0.2, 0) is 13.2 Å². The molecule has 0 saturated carbocycles. The summed E-state index contributed by atoms with van der Waals surface area (Å²) < 4.78 is 5.99. The van der Waals surface area contributed by atoms with E-state index in [0.29, 0.717) is 12.6 Å². The summed E-state index contributed by atoms with van der Waals surface area (Å²) in [6.45, 7) is 9.39. The maximum atomic E-state index is 5.99. The number of likely N-dealkylation sites (tertiary alicyclic amines) is 1. The Balaban J connectivity index is 1.49. The number of nitrogens with one attached hydrogen (secondary N) is 1. The second-order valence-electron chi connectivity index (χ2n) is 6.92. The predicted octanol–water partition coefficient (Wildman–Crippen LogP) is 4.15. The molecule has 1 aliphatic rings. The second-order valence-corrected chi connectivity index (χ2v) is 6.92. The van der Waals surface area contributed by atoms with Crippen LogP contribution in [0.4, 0.5) is 0 Å². The zero-order valence-electron chi connectivity index (χ0n) is 15.5. The molecule has 2 aromatic rings. The number of benzene rings is 2. The molecular formula is C22H30N2O. The number of hydrogen-bond acceptors (Lipinski definition) is 3. The van der Waals surface area contributed by atoms with Crippen LogP contribution >= 0.6 is 0 Å². The van der Waals surface area contributed by atoms with Crippen LogP contribution in [0.3, 0.4) is 0 Å². The van der Waals surface area contributed by atoms with E-state index in [0.717, 1.165) is 25.4 Å². The molecule has 1 N–H and O–H groups in total. The quantitative estimate of drug-likeness (QED) is 0.782. The Hall–Kier alpha value is -1.84. The normalized spacial score (nSPS) is 17.8. The first-order valence-electron chi connectivity index (χ1n) is 9.47. The average molecular weight is 338 g/mol. The fourth-order valence-corrected chi connectivity index (χ4v) is 3.60. The van der Waals surface area contributed by atoms with Crippen LogP contribution < -0.4 is 10.1 Å². The van der Waals surface area contributed by atoms with Crippen LogP contribution in [0, 0.1) is 6.92 Å². The lowest BCUT2D eigenvalue weighted by Gasteiger charge is -2.23. The van der Waals surface area contributed by atoms with Crippen LogP contribution in [0.2, 0.25) is 0 Å². The highest BCUT2D eigenvalue weighted by molar-refractivity contribution is 5.30. The summed E-state index contributed by atoms with van der Waals surface area (Å²) >= 11 is 0. The maximum absolute atomic E-state index is 5.99. The summed E-state index contributed by atoms with van der Waals surface area (Å²) in [5, 5.41) is 3.62. The van der Waals surface area contributed by atoms with E-state index in [1.54, 1.807) is 0 Å². The van der Waals surface area contributed by atoms with Crippen molar-refractivity contribution in [3.05, 3.63) is 65.2 Å². The van der Waals surface area contributed by atoms with Gasteiger partial charge in [-0.25, -0.2) is 0 Å². The Morgan fingerprint density at radius 2 is 2.04 bits per heavy atom. The summed E-state index contributed by atoms with van der Waals surface area (Å²) in [7, 11) is 0. The molecule has 0 bridgehead atoms. The third-order valence-corrected chi connectivity index (χ3v) is 5.17. The standard InChI is InChI=1S/C22H30N2O/c1-3-24-13-7-11-21(24)16-23-15-19-9-6-12-22(14-19)25-17-20-10-5-4-8-18(20)2/h4-6,8-10,12,14,21,23H,3,7,11,13,15-17H2,1-2H3/t21-/m1/s1. The highest BCUT2D eigenvalue weighted by atomic mass is 16.5. The maximum Gasteiger partial charge on any atom is 0.120 e. The Labute approximate surface area is 152 Å². The average Bonchev–Trinajstić information content (AvgIpc) is 3.09. The molecule has 25 heavy (non-hydrogen) atoms. The summed E-state index contributed by atoms with van der Waals surface area (Å²) in [5.74, 6) is 0.943. The zero-order chi connectivity index (χ0) is 17.5. The van der Waals surface area contributed by atoms with E-state index in [2.05, 4.69) is 66.5 Å². The largest absolute Gasteiger partial charge is 0.489 e. The van der Waals surface area contributed by atoms with Gasteiger partial charge in [-0.2, -0.15) is 0 Å². The van der Waals surface area contributed by atoms with Crippen LogP contribution in [0.25, 0.3) is 0 Å². The van der Waals surface area contributed by atoms with Crippen LogP contribution in [0.1, 0.15) is 36.5 Å². The molecule has 1 heterocycles. The molecular weight excluding hydrogens is 308 g/mol. The van der Waals surface area contributed by atoms with Gasteiger partial charge in [-0.05, 0) is 61.7 Å². The van der Waals surface area contributed by atoms with Crippen molar-refractivity contribution in [1.82, 2.24) is 10.2 Å². The minimum Gasteiger partial charge on any atom is -0.489 e. The second kappa shape index (κ2) is 9.02. The molecule has 0 amide bonds. The first-order chi connectivity index (χ1) is 12.3. The van der Waals surface area contributed by atoms with Crippen molar-refractivity contribution < 1.29 is 4.74 Å². The summed E-state index contributed by atoms with van der Waals surface area (Å²) in [6.07, 6.45) is 2.66. The smallest absolute Gasteiger partial charge is 0.120 e. The fourth-order valence-electron chi connectivity index (χ4n) is 3.60. The molecule has 1 aliphatic heterocycles. The van der Waals surface area contributed by atoms with Crippen molar-refractivity contribution in [3.63, 3.8) is 0 Å². The molecule has 134 valence electrons. The van der Waals surface area contributed by atoms with Gasteiger partial charge in [0.2, 0.25) is 0 Å². The van der Waals surface area contributed by atoms with Crippen molar-refractivity contribution >= 4 is 0 Å². The Morgan fingerprint density at radius 3 is 2.88 bits per heavy atom. The van der Waals surface area contributed by atoms with Gasteiger partial charge in [0.05, 0.1) is 0 Å². The predicted molar refractivity (Wildman–Crippen MR) is 104 cm³/mol. The monoisotopic (exact) mass is 338 g/mol. The molecule has 3 rings (SSSR count).